The Labute approximate surface area is 85.5 Å². The molecule has 0 saturated heterocycles. The third kappa shape index (κ3) is 2.15. The van der Waals surface area contributed by atoms with Crippen LogP contribution in [0.3, 0.4) is 0 Å². The second-order valence-electron chi connectivity index (χ2n) is 4.79. The fraction of sp³-hybridized carbons (Fsp3) is 0.727. The van der Waals surface area contributed by atoms with E-state index in [2.05, 4.69) is 23.5 Å². The molecule has 3 nitrogen and oxygen atoms in total. The molecular formula is C11H19N3. The van der Waals surface area contributed by atoms with Crippen molar-refractivity contribution in [3.63, 3.8) is 0 Å². The molecule has 1 aromatic heterocycles. The van der Waals surface area contributed by atoms with Crippen molar-refractivity contribution in [2.45, 2.75) is 32.7 Å². The molecule has 1 aromatic rings. The molecule has 0 bridgehead atoms. The van der Waals surface area contributed by atoms with E-state index in [0.717, 1.165) is 13.1 Å². The largest absolute Gasteiger partial charge is 0.312 e. The first-order chi connectivity index (χ1) is 6.68. The second kappa shape index (κ2) is 3.73. The molecule has 14 heavy (non-hydrogen) atoms. The molecule has 78 valence electrons. The highest BCUT2D eigenvalue weighted by Gasteiger charge is 2.30. The lowest BCUT2D eigenvalue weighted by atomic mass is 9.70. The minimum atomic E-state index is 0.572. The van der Waals surface area contributed by atoms with Crippen LogP contribution in [0.5, 0.6) is 0 Å². The Balaban J connectivity index is 1.72. The maximum absolute atomic E-state index is 4.14. The number of aromatic nitrogens is 2. The zero-order chi connectivity index (χ0) is 10.0. The monoisotopic (exact) mass is 193 g/mol. The SMILES string of the molecule is Cn1cc(CNCC2(C)CCC2)cn1. The first kappa shape index (κ1) is 9.71. The zero-order valence-electron chi connectivity index (χ0n) is 9.08. The van der Waals surface area contributed by atoms with Gasteiger partial charge in [0.15, 0.2) is 0 Å². The number of aryl methyl sites for hydroxylation is 1. The van der Waals surface area contributed by atoms with Crippen LogP contribution in [0.1, 0.15) is 31.7 Å². The molecule has 0 aromatic carbocycles. The Bertz CT molecular complexity index is 299. The lowest BCUT2D eigenvalue weighted by molar-refractivity contribution is 0.156. The summed E-state index contributed by atoms with van der Waals surface area (Å²) in [7, 11) is 1.96. The fourth-order valence-corrected chi connectivity index (χ4v) is 2.03. The number of nitrogens with zero attached hydrogens (tertiary/aromatic N) is 2. The van der Waals surface area contributed by atoms with Gasteiger partial charge in [-0.15, -0.1) is 0 Å². The van der Waals surface area contributed by atoms with Crippen LogP contribution in [-0.4, -0.2) is 16.3 Å². The maximum atomic E-state index is 4.14. The Hall–Kier alpha value is -0.830. The highest BCUT2D eigenvalue weighted by molar-refractivity contribution is 5.03. The average molecular weight is 193 g/mol. The van der Waals surface area contributed by atoms with E-state index >= 15 is 0 Å². The van der Waals surface area contributed by atoms with E-state index in [4.69, 9.17) is 0 Å². The van der Waals surface area contributed by atoms with Crippen molar-refractivity contribution in [3.8, 4) is 0 Å². The summed E-state index contributed by atoms with van der Waals surface area (Å²) >= 11 is 0. The number of rotatable bonds is 4. The second-order valence-corrected chi connectivity index (χ2v) is 4.79. The van der Waals surface area contributed by atoms with Crippen molar-refractivity contribution in [2.24, 2.45) is 12.5 Å². The quantitative estimate of drug-likeness (QED) is 0.788. The van der Waals surface area contributed by atoms with Gasteiger partial charge in [0.2, 0.25) is 0 Å². The van der Waals surface area contributed by atoms with Gasteiger partial charge in [-0.3, -0.25) is 4.68 Å². The molecule has 0 amide bonds. The van der Waals surface area contributed by atoms with Gasteiger partial charge in [0.1, 0.15) is 0 Å². The van der Waals surface area contributed by atoms with Gasteiger partial charge in [-0.25, -0.2) is 0 Å². The maximum Gasteiger partial charge on any atom is 0.0534 e. The molecular weight excluding hydrogens is 174 g/mol. The summed E-state index contributed by atoms with van der Waals surface area (Å²) in [6.45, 7) is 4.46. The molecule has 2 rings (SSSR count). The van der Waals surface area contributed by atoms with Gasteiger partial charge < -0.3 is 5.32 Å². The number of hydrogen-bond donors (Lipinski definition) is 1. The van der Waals surface area contributed by atoms with Crippen LogP contribution in [0.15, 0.2) is 12.4 Å². The van der Waals surface area contributed by atoms with E-state index in [9.17, 15) is 0 Å². The summed E-state index contributed by atoms with van der Waals surface area (Å²) in [4.78, 5) is 0. The topological polar surface area (TPSA) is 29.9 Å². The predicted octanol–water partition coefficient (Wildman–Crippen LogP) is 1.70. The van der Waals surface area contributed by atoms with Gasteiger partial charge in [-0.1, -0.05) is 13.3 Å². The van der Waals surface area contributed by atoms with Crippen molar-refractivity contribution in [1.29, 1.82) is 0 Å². The molecule has 1 heterocycles. The molecule has 0 aliphatic heterocycles. The summed E-state index contributed by atoms with van der Waals surface area (Å²) in [6.07, 6.45) is 8.16. The van der Waals surface area contributed by atoms with Crippen LogP contribution in [0.25, 0.3) is 0 Å². The summed E-state index contributed by atoms with van der Waals surface area (Å²) in [5.74, 6) is 0. The van der Waals surface area contributed by atoms with Crippen molar-refractivity contribution >= 4 is 0 Å². The van der Waals surface area contributed by atoms with Crippen LogP contribution in [-0.2, 0) is 13.6 Å². The highest BCUT2D eigenvalue weighted by Crippen LogP contribution is 2.39. The molecule has 0 spiro atoms. The molecule has 1 aliphatic carbocycles. The average Bonchev–Trinajstić information content (AvgIpc) is 2.49. The molecule has 0 atom stereocenters. The molecule has 1 N–H and O–H groups in total. The third-order valence-corrected chi connectivity index (χ3v) is 3.20. The van der Waals surface area contributed by atoms with Gasteiger partial charge >= 0.3 is 0 Å². The highest BCUT2D eigenvalue weighted by atomic mass is 15.2. The van der Waals surface area contributed by atoms with Gasteiger partial charge in [-0.05, 0) is 18.3 Å². The van der Waals surface area contributed by atoms with Crippen LogP contribution in [0, 0.1) is 5.41 Å². The fourth-order valence-electron chi connectivity index (χ4n) is 2.03. The van der Waals surface area contributed by atoms with Crippen molar-refractivity contribution < 1.29 is 0 Å². The minimum absolute atomic E-state index is 0.572. The summed E-state index contributed by atoms with van der Waals surface area (Å²) < 4.78 is 1.85. The Morgan fingerprint density at radius 3 is 2.86 bits per heavy atom. The summed E-state index contributed by atoms with van der Waals surface area (Å²) in [5, 5.41) is 7.65. The van der Waals surface area contributed by atoms with Gasteiger partial charge in [0, 0.05) is 31.9 Å². The normalized spacial score (nSPS) is 19.3. The summed E-state index contributed by atoms with van der Waals surface area (Å²) in [5.41, 5.74) is 1.85. The Morgan fingerprint density at radius 2 is 2.36 bits per heavy atom. The van der Waals surface area contributed by atoms with Crippen LogP contribution in [0.2, 0.25) is 0 Å². The lowest BCUT2D eigenvalue weighted by Crippen LogP contribution is -2.36. The van der Waals surface area contributed by atoms with E-state index in [1.807, 2.05) is 17.9 Å². The first-order valence-corrected chi connectivity index (χ1v) is 5.36. The third-order valence-electron chi connectivity index (χ3n) is 3.20. The molecule has 0 radical (unpaired) electrons. The van der Waals surface area contributed by atoms with Gasteiger partial charge in [0.25, 0.3) is 0 Å². The first-order valence-electron chi connectivity index (χ1n) is 5.36. The smallest absolute Gasteiger partial charge is 0.0534 e. The minimum Gasteiger partial charge on any atom is -0.312 e. The van der Waals surface area contributed by atoms with E-state index in [1.165, 1.54) is 24.8 Å². The van der Waals surface area contributed by atoms with Crippen LogP contribution >= 0.6 is 0 Å². The van der Waals surface area contributed by atoms with E-state index < -0.39 is 0 Å². The van der Waals surface area contributed by atoms with Crippen LogP contribution in [0.4, 0.5) is 0 Å². The zero-order valence-corrected chi connectivity index (χ0v) is 9.08. The number of nitrogens with one attached hydrogen (secondary N) is 1. The molecule has 1 fully saturated rings. The number of hydrogen-bond acceptors (Lipinski definition) is 2. The van der Waals surface area contributed by atoms with Gasteiger partial charge in [-0.2, -0.15) is 5.10 Å². The predicted molar refractivity (Wildman–Crippen MR) is 56.9 cm³/mol. The Morgan fingerprint density at radius 1 is 1.57 bits per heavy atom. The van der Waals surface area contributed by atoms with E-state index in [1.54, 1.807) is 0 Å². The molecule has 0 unspecified atom stereocenters. The molecule has 3 heteroatoms. The van der Waals surface area contributed by atoms with Crippen molar-refractivity contribution in [1.82, 2.24) is 15.1 Å². The Kier molecular flexibility index (Phi) is 2.59. The lowest BCUT2D eigenvalue weighted by Gasteiger charge is -2.38. The van der Waals surface area contributed by atoms with E-state index in [-0.39, 0.29) is 0 Å². The standard InChI is InChI=1S/C11H19N3/c1-11(4-3-5-11)9-12-6-10-7-13-14(2)8-10/h7-8,12H,3-6,9H2,1-2H3. The van der Waals surface area contributed by atoms with Gasteiger partial charge in [0.05, 0.1) is 6.20 Å². The summed E-state index contributed by atoms with van der Waals surface area (Å²) in [6, 6.07) is 0. The molecule has 1 aliphatic rings. The van der Waals surface area contributed by atoms with Crippen molar-refractivity contribution in [2.75, 3.05) is 6.54 Å². The van der Waals surface area contributed by atoms with Crippen LogP contribution < -0.4 is 5.32 Å². The molecule has 1 saturated carbocycles. The van der Waals surface area contributed by atoms with Crippen molar-refractivity contribution in [3.05, 3.63) is 18.0 Å². The van der Waals surface area contributed by atoms with E-state index in [0.29, 0.717) is 5.41 Å².